The van der Waals surface area contributed by atoms with Gasteiger partial charge in [0.2, 0.25) is 0 Å². The van der Waals surface area contributed by atoms with Crippen LogP contribution in [0.4, 0.5) is 0 Å². The zero-order valence-electron chi connectivity index (χ0n) is 9.29. The molecule has 1 aliphatic rings. The summed E-state index contributed by atoms with van der Waals surface area (Å²) in [6, 6.07) is 2.70. The van der Waals surface area contributed by atoms with E-state index in [0.29, 0.717) is 17.9 Å². The van der Waals surface area contributed by atoms with Gasteiger partial charge in [-0.3, -0.25) is 0 Å². The fourth-order valence-corrected chi connectivity index (χ4v) is 4.11. The van der Waals surface area contributed by atoms with Gasteiger partial charge in [-0.2, -0.15) is 0 Å². The third kappa shape index (κ3) is 2.22. The first-order valence-corrected chi connectivity index (χ1v) is 6.96. The lowest BCUT2D eigenvalue weighted by molar-refractivity contribution is 0.414. The molecule has 3 heteroatoms. The van der Waals surface area contributed by atoms with E-state index in [-0.39, 0.29) is 0 Å². The summed E-state index contributed by atoms with van der Waals surface area (Å²) in [5.74, 6) is 1.38. The number of hydrogen-bond donors (Lipinski definition) is 1. The van der Waals surface area contributed by atoms with Crippen molar-refractivity contribution in [1.29, 1.82) is 0 Å². The molecule has 0 spiro atoms. The second-order valence-electron chi connectivity index (χ2n) is 4.34. The molecule has 1 fully saturated rings. The maximum absolute atomic E-state index is 6.20. The molecule has 0 amide bonds. The molecule has 1 aromatic rings. The van der Waals surface area contributed by atoms with Crippen LogP contribution in [-0.2, 0) is 0 Å². The van der Waals surface area contributed by atoms with Gasteiger partial charge >= 0.3 is 0 Å². The first kappa shape index (κ1) is 11.4. The van der Waals surface area contributed by atoms with Crippen molar-refractivity contribution in [2.75, 3.05) is 6.54 Å². The third-order valence-corrected chi connectivity index (χ3v) is 5.00. The van der Waals surface area contributed by atoms with Crippen molar-refractivity contribution in [2.45, 2.75) is 38.6 Å². The Kier molecular flexibility index (Phi) is 3.70. The summed E-state index contributed by atoms with van der Waals surface area (Å²) in [6.45, 7) is 5.60. The Hall–Kier alpha value is -0.0500. The van der Waals surface area contributed by atoms with E-state index in [4.69, 9.17) is 11.6 Å². The lowest BCUT2D eigenvalue weighted by Crippen LogP contribution is -2.31. The fraction of sp³-hybridized carbons (Fsp3) is 0.667. The molecule has 1 nitrogen and oxygen atoms in total. The van der Waals surface area contributed by atoms with E-state index in [9.17, 15) is 0 Å². The molecule has 84 valence electrons. The van der Waals surface area contributed by atoms with E-state index in [1.807, 2.05) is 17.4 Å². The fourth-order valence-electron chi connectivity index (χ4n) is 2.66. The topological polar surface area (TPSA) is 12.0 Å². The van der Waals surface area contributed by atoms with Crippen molar-refractivity contribution in [1.82, 2.24) is 5.32 Å². The Labute approximate surface area is 101 Å². The predicted molar refractivity (Wildman–Crippen MR) is 67.9 cm³/mol. The third-order valence-electron chi connectivity index (χ3n) is 3.51. The van der Waals surface area contributed by atoms with Crippen molar-refractivity contribution in [3.63, 3.8) is 0 Å². The van der Waals surface area contributed by atoms with E-state index in [1.54, 1.807) is 0 Å². The number of nitrogens with one attached hydrogen (secondary N) is 1. The minimum absolute atomic E-state index is 0.668. The summed E-state index contributed by atoms with van der Waals surface area (Å²) < 4.78 is 0. The number of hydrogen-bond acceptors (Lipinski definition) is 2. The van der Waals surface area contributed by atoms with Crippen LogP contribution in [0.2, 0.25) is 5.02 Å². The summed E-state index contributed by atoms with van der Waals surface area (Å²) in [5, 5.41) is 6.64. The van der Waals surface area contributed by atoms with Gasteiger partial charge in [0.15, 0.2) is 0 Å². The van der Waals surface area contributed by atoms with Gasteiger partial charge in [-0.15, -0.1) is 11.3 Å². The Morgan fingerprint density at radius 3 is 2.93 bits per heavy atom. The molecule has 1 aromatic heterocycles. The summed E-state index contributed by atoms with van der Waals surface area (Å²) >= 11 is 8.01. The second-order valence-corrected chi connectivity index (χ2v) is 5.69. The first-order chi connectivity index (χ1) is 7.24. The van der Waals surface area contributed by atoms with Crippen LogP contribution in [0.25, 0.3) is 0 Å². The maximum atomic E-state index is 6.20. The van der Waals surface area contributed by atoms with Crippen LogP contribution in [0.15, 0.2) is 11.4 Å². The van der Waals surface area contributed by atoms with Crippen LogP contribution < -0.4 is 5.32 Å². The molecule has 1 heterocycles. The normalized spacial score (nSPS) is 31.0. The smallest absolute Gasteiger partial charge is 0.0547 e. The lowest BCUT2D eigenvalue weighted by Gasteiger charge is -2.20. The number of thiophene rings is 1. The quantitative estimate of drug-likeness (QED) is 0.849. The highest BCUT2D eigenvalue weighted by Crippen LogP contribution is 2.44. The number of rotatable bonds is 3. The number of halogens is 1. The molecule has 0 aliphatic heterocycles. The summed E-state index contributed by atoms with van der Waals surface area (Å²) in [7, 11) is 0. The van der Waals surface area contributed by atoms with Gasteiger partial charge in [0.05, 0.1) is 5.02 Å². The van der Waals surface area contributed by atoms with E-state index in [1.165, 1.54) is 17.7 Å². The van der Waals surface area contributed by atoms with Crippen molar-refractivity contribution < 1.29 is 0 Å². The van der Waals surface area contributed by atoms with Crippen LogP contribution in [-0.4, -0.2) is 12.6 Å². The molecule has 3 unspecified atom stereocenters. The summed E-state index contributed by atoms with van der Waals surface area (Å²) in [6.07, 6.45) is 2.56. The van der Waals surface area contributed by atoms with Crippen molar-refractivity contribution in [3.05, 3.63) is 21.3 Å². The SMILES string of the molecule is CCNC1CCC(c2sccc2Cl)C1C. The molecule has 2 rings (SSSR count). The summed E-state index contributed by atoms with van der Waals surface area (Å²) in [5.41, 5.74) is 0. The minimum atomic E-state index is 0.668. The molecule has 1 saturated carbocycles. The molecule has 0 radical (unpaired) electrons. The van der Waals surface area contributed by atoms with Crippen LogP contribution in [0.5, 0.6) is 0 Å². The molecular weight excluding hydrogens is 226 g/mol. The van der Waals surface area contributed by atoms with E-state index < -0.39 is 0 Å². The van der Waals surface area contributed by atoms with Crippen molar-refractivity contribution in [2.24, 2.45) is 5.92 Å². The van der Waals surface area contributed by atoms with E-state index in [0.717, 1.165) is 11.6 Å². The monoisotopic (exact) mass is 243 g/mol. The average Bonchev–Trinajstić information content (AvgIpc) is 2.76. The molecule has 1 aliphatic carbocycles. The second kappa shape index (κ2) is 4.86. The standard InChI is InChI=1S/C12H18ClNS/c1-3-14-11-5-4-9(8(11)2)12-10(13)6-7-15-12/h6-9,11,14H,3-5H2,1-2H3. The van der Waals surface area contributed by atoms with Gasteiger partial charge in [0, 0.05) is 10.9 Å². The van der Waals surface area contributed by atoms with Gasteiger partial charge in [-0.05, 0) is 42.7 Å². The highest BCUT2D eigenvalue weighted by molar-refractivity contribution is 7.10. The van der Waals surface area contributed by atoms with E-state index in [2.05, 4.69) is 24.5 Å². The zero-order valence-corrected chi connectivity index (χ0v) is 10.9. The minimum Gasteiger partial charge on any atom is -0.314 e. The molecule has 15 heavy (non-hydrogen) atoms. The van der Waals surface area contributed by atoms with Crippen molar-refractivity contribution >= 4 is 22.9 Å². The Morgan fingerprint density at radius 1 is 1.53 bits per heavy atom. The average molecular weight is 244 g/mol. The Bertz CT molecular complexity index is 323. The molecule has 0 bridgehead atoms. The molecular formula is C12H18ClNS. The van der Waals surface area contributed by atoms with Crippen LogP contribution in [0, 0.1) is 5.92 Å². The van der Waals surface area contributed by atoms with Gasteiger partial charge in [-0.25, -0.2) is 0 Å². The first-order valence-electron chi connectivity index (χ1n) is 5.70. The largest absolute Gasteiger partial charge is 0.314 e. The molecule has 1 N–H and O–H groups in total. The van der Waals surface area contributed by atoms with Crippen molar-refractivity contribution in [3.8, 4) is 0 Å². The maximum Gasteiger partial charge on any atom is 0.0547 e. The zero-order chi connectivity index (χ0) is 10.8. The van der Waals surface area contributed by atoms with Gasteiger partial charge < -0.3 is 5.32 Å². The highest BCUT2D eigenvalue weighted by Gasteiger charge is 2.34. The lowest BCUT2D eigenvalue weighted by atomic mass is 9.94. The van der Waals surface area contributed by atoms with Crippen LogP contribution in [0.3, 0.4) is 0 Å². The molecule has 0 aromatic carbocycles. The van der Waals surface area contributed by atoms with Gasteiger partial charge in [-0.1, -0.05) is 25.4 Å². The van der Waals surface area contributed by atoms with Gasteiger partial charge in [0.1, 0.15) is 0 Å². The molecule has 3 atom stereocenters. The Morgan fingerprint density at radius 2 is 2.33 bits per heavy atom. The Balaban J connectivity index is 2.10. The predicted octanol–water partition coefficient (Wildman–Crippen LogP) is 3.89. The van der Waals surface area contributed by atoms with Crippen LogP contribution in [0.1, 0.15) is 37.5 Å². The summed E-state index contributed by atoms with van der Waals surface area (Å²) in [4.78, 5) is 1.39. The van der Waals surface area contributed by atoms with E-state index >= 15 is 0 Å². The van der Waals surface area contributed by atoms with Crippen LogP contribution >= 0.6 is 22.9 Å². The highest BCUT2D eigenvalue weighted by atomic mass is 35.5. The molecule has 0 saturated heterocycles. The van der Waals surface area contributed by atoms with Gasteiger partial charge in [0.25, 0.3) is 0 Å².